The van der Waals surface area contributed by atoms with Crippen LogP contribution in [0.25, 0.3) is 0 Å². The van der Waals surface area contributed by atoms with Crippen molar-refractivity contribution in [3.05, 3.63) is 0 Å². The van der Waals surface area contributed by atoms with Gasteiger partial charge in [0.2, 0.25) is 0 Å². The quantitative estimate of drug-likeness (QED) is 0.724. The molecule has 1 aliphatic heterocycles. The minimum Gasteiger partial charge on any atom is -0.481 e. The second-order valence-corrected chi connectivity index (χ2v) is 5.06. The number of rotatable bonds is 8. The second kappa shape index (κ2) is 9.57. The molecular formula is C14H26N2O5. The standard InChI is InChI=1S/C14H26N2O5/c1-3-15(9-11-20-2)14(19)16-7-4-12(5-8-16)21-10-6-13(17)18/h12H,3-11H2,1-2H3,(H,17,18). The van der Waals surface area contributed by atoms with Gasteiger partial charge in [-0.2, -0.15) is 0 Å². The molecule has 122 valence electrons. The highest BCUT2D eigenvalue weighted by atomic mass is 16.5. The number of amides is 2. The Bertz CT molecular complexity index is 329. The fourth-order valence-corrected chi connectivity index (χ4v) is 2.32. The van der Waals surface area contributed by atoms with E-state index in [-0.39, 0.29) is 25.2 Å². The fraction of sp³-hybridized carbons (Fsp3) is 0.857. The summed E-state index contributed by atoms with van der Waals surface area (Å²) in [5, 5.41) is 8.57. The van der Waals surface area contributed by atoms with Crippen LogP contribution in [0.1, 0.15) is 26.2 Å². The number of hydrogen-bond acceptors (Lipinski definition) is 4. The van der Waals surface area contributed by atoms with E-state index in [2.05, 4.69) is 0 Å². The van der Waals surface area contributed by atoms with Crippen molar-refractivity contribution in [2.45, 2.75) is 32.3 Å². The van der Waals surface area contributed by atoms with E-state index in [0.717, 1.165) is 12.8 Å². The number of carboxylic acid groups (broad SMARTS) is 1. The molecule has 0 aliphatic carbocycles. The maximum Gasteiger partial charge on any atom is 0.320 e. The summed E-state index contributed by atoms with van der Waals surface area (Å²) in [4.78, 5) is 26.4. The van der Waals surface area contributed by atoms with Crippen LogP contribution in [-0.4, -0.2) is 79.5 Å². The highest BCUT2D eigenvalue weighted by Gasteiger charge is 2.25. The Morgan fingerprint density at radius 1 is 1.29 bits per heavy atom. The van der Waals surface area contributed by atoms with Crippen molar-refractivity contribution in [3.8, 4) is 0 Å². The largest absolute Gasteiger partial charge is 0.481 e. The van der Waals surface area contributed by atoms with Crippen LogP contribution in [0.3, 0.4) is 0 Å². The summed E-state index contributed by atoms with van der Waals surface area (Å²) in [6.45, 7) is 5.30. The van der Waals surface area contributed by atoms with Gasteiger partial charge in [-0.3, -0.25) is 4.79 Å². The molecule has 7 heteroatoms. The summed E-state index contributed by atoms with van der Waals surface area (Å²) < 4.78 is 10.5. The molecule has 1 saturated heterocycles. The van der Waals surface area contributed by atoms with E-state index in [4.69, 9.17) is 14.6 Å². The van der Waals surface area contributed by atoms with Gasteiger partial charge in [-0.05, 0) is 19.8 Å². The lowest BCUT2D eigenvalue weighted by Gasteiger charge is -2.35. The van der Waals surface area contributed by atoms with Crippen molar-refractivity contribution < 1.29 is 24.2 Å². The number of likely N-dealkylation sites (N-methyl/N-ethyl adjacent to an activating group) is 1. The van der Waals surface area contributed by atoms with E-state index in [1.807, 2.05) is 11.8 Å². The van der Waals surface area contributed by atoms with Gasteiger partial charge in [-0.1, -0.05) is 0 Å². The molecule has 1 heterocycles. The predicted octanol–water partition coefficient (Wildman–Crippen LogP) is 1.03. The lowest BCUT2D eigenvalue weighted by molar-refractivity contribution is -0.138. The lowest BCUT2D eigenvalue weighted by Crippen LogP contribution is -2.48. The normalized spacial score (nSPS) is 16.0. The van der Waals surface area contributed by atoms with Crippen LogP contribution in [0.5, 0.6) is 0 Å². The minimum absolute atomic E-state index is 0.0276. The molecule has 7 nitrogen and oxygen atoms in total. The number of hydrogen-bond donors (Lipinski definition) is 1. The van der Waals surface area contributed by atoms with Gasteiger partial charge >= 0.3 is 12.0 Å². The van der Waals surface area contributed by atoms with Crippen LogP contribution < -0.4 is 0 Å². The van der Waals surface area contributed by atoms with Crippen molar-refractivity contribution in [2.24, 2.45) is 0 Å². The Morgan fingerprint density at radius 3 is 2.48 bits per heavy atom. The van der Waals surface area contributed by atoms with E-state index < -0.39 is 5.97 Å². The number of aliphatic carboxylic acids is 1. The highest BCUT2D eigenvalue weighted by Crippen LogP contribution is 2.15. The number of likely N-dealkylation sites (tertiary alicyclic amines) is 1. The summed E-state index contributed by atoms with van der Waals surface area (Å²) >= 11 is 0. The Hall–Kier alpha value is -1.34. The van der Waals surface area contributed by atoms with Gasteiger partial charge in [-0.25, -0.2) is 4.79 Å². The third kappa shape index (κ3) is 6.31. The number of piperidine rings is 1. The molecule has 0 saturated carbocycles. The summed E-state index contributed by atoms with van der Waals surface area (Å²) in [6, 6.07) is 0.0403. The van der Waals surface area contributed by atoms with Gasteiger partial charge in [0.15, 0.2) is 0 Å². The number of carboxylic acids is 1. The van der Waals surface area contributed by atoms with Crippen LogP contribution in [0, 0.1) is 0 Å². The first-order valence-electron chi connectivity index (χ1n) is 7.44. The summed E-state index contributed by atoms with van der Waals surface area (Å²) in [5.41, 5.74) is 0. The molecule has 1 fully saturated rings. The molecule has 0 bridgehead atoms. The average molecular weight is 302 g/mol. The lowest BCUT2D eigenvalue weighted by atomic mass is 10.1. The molecule has 0 unspecified atom stereocenters. The van der Waals surface area contributed by atoms with E-state index >= 15 is 0 Å². The van der Waals surface area contributed by atoms with Gasteiger partial charge in [0.05, 0.1) is 25.7 Å². The SMILES string of the molecule is CCN(CCOC)C(=O)N1CCC(OCCC(=O)O)CC1. The van der Waals surface area contributed by atoms with Crippen molar-refractivity contribution in [1.29, 1.82) is 0 Å². The van der Waals surface area contributed by atoms with E-state index in [1.54, 1.807) is 12.0 Å². The monoisotopic (exact) mass is 302 g/mol. The number of carbonyl (C=O) groups excluding carboxylic acids is 1. The first-order valence-corrected chi connectivity index (χ1v) is 7.44. The van der Waals surface area contributed by atoms with Crippen molar-refractivity contribution in [3.63, 3.8) is 0 Å². The molecule has 21 heavy (non-hydrogen) atoms. The fourth-order valence-electron chi connectivity index (χ4n) is 2.32. The average Bonchev–Trinajstić information content (AvgIpc) is 2.48. The van der Waals surface area contributed by atoms with Crippen LogP contribution in [0.15, 0.2) is 0 Å². The van der Waals surface area contributed by atoms with Gasteiger partial charge in [0.25, 0.3) is 0 Å². The maximum atomic E-state index is 12.3. The molecule has 0 radical (unpaired) electrons. The number of ether oxygens (including phenoxy) is 2. The Balaban J connectivity index is 2.30. The predicted molar refractivity (Wildman–Crippen MR) is 77.3 cm³/mol. The molecule has 1 aliphatic rings. The number of carbonyl (C=O) groups is 2. The third-order valence-electron chi connectivity index (χ3n) is 3.60. The Labute approximate surface area is 125 Å². The third-order valence-corrected chi connectivity index (χ3v) is 3.60. The topological polar surface area (TPSA) is 79.3 Å². The highest BCUT2D eigenvalue weighted by molar-refractivity contribution is 5.74. The zero-order valence-electron chi connectivity index (χ0n) is 12.9. The first-order chi connectivity index (χ1) is 10.1. The van der Waals surface area contributed by atoms with Crippen molar-refractivity contribution in [2.75, 3.05) is 46.5 Å². The van der Waals surface area contributed by atoms with Crippen molar-refractivity contribution in [1.82, 2.24) is 9.80 Å². The van der Waals surface area contributed by atoms with Crippen LogP contribution >= 0.6 is 0 Å². The van der Waals surface area contributed by atoms with E-state index in [1.165, 1.54) is 0 Å². The van der Waals surface area contributed by atoms with Gasteiger partial charge in [0.1, 0.15) is 0 Å². The molecule has 2 amide bonds. The van der Waals surface area contributed by atoms with Gasteiger partial charge in [0, 0.05) is 33.3 Å². The van der Waals surface area contributed by atoms with Gasteiger partial charge < -0.3 is 24.4 Å². The summed E-state index contributed by atoms with van der Waals surface area (Å²) in [7, 11) is 1.62. The van der Waals surface area contributed by atoms with Crippen LogP contribution in [0.2, 0.25) is 0 Å². The van der Waals surface area contributed by atoms with Crippen molar-refractivity contribution >= 4 is 12.0 Å². The van der Waals surface area contributed by atoms with Gasteiger partial charge in [-0.15, -0.1) is 0 Å². The molecule has 0 aromatic carbocycles. The number of nitrogens with zero attached hydrogens (tertiary/aromatic N) is 2. The Morgan fingerprint density at radius 2 is 1.95 bits per heavy atom. The van der Waals surface area contributed by atoms with Crippen LogP contribution in [-0.2, 0) is 14.3 Å². The summed E-state index contributed by atoms with van der Waals surface area (Å²) in [6.07, 6.45) is 1.60. The maximum absolute atomic E-state index is 12.3. The zero-order chi connectivity index (χ0) is 15.7. The number of urea groups is 1. The Kier molecular flexibility index (Phi) is 8.07. The van der Waals surface area contributed by atoms with Crippen LogP contribution in [0.4, 0.5) is 4.79 Å². The zero-order valence-corrected chi connectivity index (χ0v) is 12.9. The van der Waals surface area contributed by atoms with E-state index in [9.17, 15) is 9.59 Å². The molecule has 0 atom stereocenters. The molecule has 0 spiro atoms. The minimum atomic E-state index is -0.848. The molecular weight excluding hydrogens is 276 g/mol. The first kappa shape index (κ1) is 17.7. The molecule has 1 rings (SSSR count). The summed E-state index contributed by atoms with van der Waals surface area (Å²) in [5.74, 6) is -0.848. The second-order valence-electron chi connectivity index (χ2n) is 5.06. The molecule has 1 N–H and O–H groups in total. The number of methoxy groups -OCH3 is 1. The molecule has 0 aromatic heterocycles. The van der Waals surface area contributed by atoms with E-state index in [0.29, 0.717) is 32.8 Å². The smallest absolute Gasteiger partial charge is 0.320 e. The molecule has 0 aromatic rings.